The van der Waals surface area contributed by atoms with Gasteiger partial charge in [-0.1, -0.05) is 25.4 Å². The Morgan fingerprint density at radius 2 is 2.16 bits per heavy atom. The monoisotopic (exact) mass is 280 g/mol. The second-order valence-corrected chi connectivity index (χ2v) is 4.56. The van der Waals surface area contributed by atoms with E-state index in [2.05, 4.69) is 27.2 Å². The van der Waals surface area contributed by atoms with E-state index in [1.807, 2.05) is 6.92 Å². The second kappa shape index (κ2) is 6.52. The highest BCUT2D eigenvalue weighted by Gasteiger charge is 2.05. The van der Waals surface area contributed by atoms with Crippen molar-refractivity contribution in [2.24, 2.45) is 0 Å². The topological polar surface area (TPSA) is 63.8 Å². The van der Waals surface area contributed by atoms with Gasteiger partial charge in [0.05, 0.1) is 12.7 Å². The lowest BCUT2D eigenvalue weighted by molar-refractivity contribution is 0.465. The van der Waals surface area contributed by atoms with Crippen LogP contribution in [0.15, 0.2) is 16.7 Å². The summed E-state index contributed by atoms with van der Waals surface area (Å²) < 4.78 is 5.51. The van der Waals surface area contributed by atoms with E-state index in [0.29, 0.717) is 23.4 Å². The molecule has 2 aromatic rings. The summed E-state index contributed by atoms with van der Waals surface area (Å²) in [7, 11) is 0. The van der Waals surface area contributed by atoms with E-state index in [4.69, 9.17) is 16.0 Å². The van der Waals surface area contributed by atoms with Crippen LogP contribution in [-0.4, -0.2) is 15.0 Å². The van der Waals surface area contributed by atoms with Crippen molar-refractivity contribution in [1.82, 2.24) is 15.0 Å². The smallest absolute Gasteiger partial charge is 0.213 e. The van der Waals surface area contributed by atoms with E-state index < -0.39 is 0 Å². The molecule has 0 radical (unpaired) electrons. The van der Waals surface area contributed by atoms with Gasteiger partial charge >= 0.3 is 0 Å². The molecule has 0 aliphatic carbocycles. The van der Waals surface area contributed by atoms with Crippen LogP contribution >= 0.6 is 11.6 Å². The molecule has 5 nitrogen and oxygen atoms in total. The van der Waals surface area contributed by atoms with Crippen LogP contribution in [0.5, 0.6) is 0 Å². The van der Waals surface area contributed by atoms with Crippen molar-refractivity contribution in [1.29, 1.82) is 0 Å². The Morgan fingerprint density at radius 3 is 2.84 bits per heavy atom. The third kappa shape index (κ3) is 3.92. The van der Waals surface area contributed by atoms with Gasteiger partial charge in [-0.2, -0.15) is 0 Å². The van der Waals surface area contributed by atoms with E-state index in [9.17, 15) is 0 Å². The van der Waals surface area contributed by atoms with Crippen LogP contribution in [0.3, 0.4) is 0 Å². The third-order valence-corrected chi connectivity index (χ3v) is 2.78. The zero-order chi connectivity index (χ0) is 13.7. The number of anilines is 1. The molecule has 2 aromatic heterocycles. The molecular weight excluding hydrogens is 264 g/mol. The largest absolute Gasteiger partial charge is 0.444 e. The fourth-order valence-electron chi connectivity index (χ4n) is 1.65. The molecule has 0 amide bonds. The molecule has 6 heteroatoms. The van der Waals surface area contributed by atoms with Gasteiger partial charge in [-0.15, -0.1) is 0 Å². The number of nitrogens with zero attached hydrogens (tertiary/aromatic N) is 3. The van der Waals surface area contributed by atoms with Gasteiger partial charge in [-0.3, -0.25) is 0 Å². The fraction of sp³-hybridized carbons (Fsp3) is 0.462. The molecule has 19 heavy (non-hydrogen) atoms. The average Bonchev–Trinajstić information content (AvgIpc) is 2.84. The van der Waals surface area contributed by atoms with Crippen LogP contribution in [0.25, 0.3) is 0 Å². The molecule has 102 valence electrons. The minimum Gasteiger partial charge on any atom is -0.444 e. The summed E-state index contributed by atoms with van der Waals surface area (Å²) in [6.45, 7) is 4.59. The number of hydrogen-bond donors (Lipinski definition) is 1. The first kappa shape index (κ1) is 13.8. The predicted octanol–water partition coefficient (Wildman–Crippen LogP) is 3.25. The van der Waals surface area contributed by atoms with Gasteiger partial charge in [0.15, 0.2) is 0 Å². The van der Waals surface area contributed by atoms with E-state index in [-0.39, 0.29) is 0 Å². The number of aromatic nitrogens is 3. The summed E-state index contributed by atoms with van der Waals surface area (Å²) in [5.41, 5.74) is 0. The fourth-order valence-corrected chi connectivity index (χ4v) is 1.85. The van der Waals surface area contributed by atoms with Crippen molar-refractivity contribution < 1.29 is 4.42 Å². The Labute approximate surface area is 117 Å². The normalized spacial score (nSPS) is 10.7. The first-order valence-corrected chi connectivity index (χ1v) is 6.80. The molecule has 1 N–H and O–H groups in total. The molecule has 0 saturated carbocycles. The maximum absolute atomic E-state index is 5.96. The van der Waals surface area contributed by atoms with Crippen molar-refractivity contribution in [2.75, 3.05) is 5.32 Å². The molecule has 0 aliphatic heterocycles. The summed E-state index contributed by atoms with van der Waals surface area (Å²) in [6.07, 6.45) is 4.38. The van der Waals surface area contributed by atoms with Crippen molar-refractivity contribution >= 4 is 17.4 Å². The highest BCUT2D eigenvalue weighted by Crippen LogP contribution is 2.14. The molecule has 0 atom stereocenters. The summed E-state index contributed by atoms with van der Waals surface area (Å²) in [6, 6.07) is 1.70. The maximum Gasteiger partial charge on any atom is 0.213 e. The molecule has 0 bridgehead atoms. The summed E-state index contributed by atoms with van der Waals surface area (Å²) in [5, 5.41) is 3.59. The predicted molar refractivity (Wildman–Crippen MR) is 74.2 cm³/mol. The van der Waals surface area contributed by atoms with Gasteiger partial charge in [-0.25, -0.2) is 15.0 Å². The molecule has 2 heterocycles. The van der Waals surface area contributed by atoms with Gasteiger partial charge in [0.1, 0.15) is 22.6 Å². The molecule has 0 aliphatic rings. The molecule has 2 rings (SSSR count). The lowest BCUT2D eigenvalue weighted by Gasteiger charge is -2.05. The van der Waals surface area contributed by atoms with Crippen LogP contribution in [-0.2, 0) is 19.4 Å². The molecule has 0 spiro atoms. The average molecular weight is 281 g/mol. The van der Waals surface area contributed by atoms with E-state index in [0.717, 1.165) is 30.8 Å². The van der Waals surface area contributed by atoms with Crippen LogP contribution < -0.4 is 5.32 Å². The lowest BCUT2D eigenvalue weighted by Crippen LogP contribution is -2.04. The van der Waals surface area contributed by atoms with Crippen LogP contribution in [0.4, 0.5) is 5.82 Å². The molecular formula is C13H17ClN4O. The quantitative estimate of drug-likeness (QED) is 0.823. The molecule has 0 unspecified atom stereocenters. The van der Waals surface area contributed by atoms with Gasteiger partial charge in [0.2, 0.25) is 5.89 Å². The number of hydrogen-bond acceptors (Lipinski definition) is 5. The standard InChI is InChI=1S/C13H17ClN4O/c1-3-5-11-17-10(14)6-12(18-11)15-8-13-16-7-9(4-2)19-13/h6-7H,3-5,8H2,1-2H3,(H,15,17,18). The van der Waals surface area contributed by atoms with Crippen LogP contribution in [0, 0.1) is 0 Å². The number of nitrogens with one attached hydrogen (secondary N) is 1. The zero-order valence-electron chi connectivity index (χ0n) is 11.1. The van der Waals surface area contributed by atoms with E-state index in [1.54, 1.807) is 12.3 Å². The highest BCUT2D eigenvalue weighted by atomic mass is 35.5. The van der Waals surface area contributed by atoms with Gasteiger partial charge < -0.3 is 9.73 Å². The Hall–Kier alpha value is -1.62. The Bertz CT molecular complexity index is 541. The number of aryl methyl sites for hydroxylation is 2. The summed E-state index contributed by atoms with van der Waals surface area (Å²) >= 11 is 5.96. The first-order valence-electron chi connectivity index (χ1n) is 6.42. The summed E-state index contributed by atoms with van der Waals surface area (Å²) in [4.78, 5) is 12.7. The van der Waals surface area contributed by atoms with Gasteiger partial charge in [0.25, 0.3) is 0 Å². The SMILES string of the molecule is CCCc1nc(Cl)cc(NCc2ncc(CC)o2)n1. The van der Waals surface area contributed by atoms with Gasteiger partial charge in [-0.05, 0) is 6.42 Å². The Kier molecular flexibility index (Phi) is 4.74. The van der Waals surface area contributed by atoms with E-state index in [1.165, 1.54) is 0 Å². The van der Waals surface area contributed by atoms with Crippen LogP contribution in [0.2, 0.25) is 5.15 Å². The second-order valence-electron chi connectivity index (χ2n) is 4.17. The number of oxazole rings is 1. The van der Waals surface area contributed by atoms with Crippen LogP contribution in [0.1, 0.15) is 37.7 Å². The highest BCUT2D eigenvalue weighted by molar-refractivity contribution is 6.29. The Balaban J connectivity index is 2.02. The van der Waals surface area contributed by atoms with E-state index >= 15 is 0 Å². The van der Waals surface area contributed by atoms with Crippen molar-refractivity contribution in [3.05, 3.63) is 34.9 Å². The zero-order valence-corrected chi connectivity index (χ0v) is 11.9. The molecule has 0 fully saturated rings. The molecule has 0 saturated heterocycles. The third-order valence-electron chi connectivity index (χ3n) is 2.59. The first-order chi connectivity index (χ1) is 9.21. The minimum atomic E-state index is 0.447. The maximum atomic E-state index is 5.96. The van der Waals surface area contributed by atoms with Crippen molar-refractivity contribution in [2.45, 2.75) is 39.7 Å². The van der Waals surface area contributed by atoms with Crippen molar-refractivity contribution in [3.8, 4) is 0 Å². The lowest BCUT2D eigenvalue weighted by atomic mass is 10.3. The number of rotatable bonds is 6. The molecule has 0 aromatic carbocycles. The Morgan fingerprint density at radius 1 is 1.32 bits per heavy atom. The van der Waals surface area contributed by atoms with Gasteiger partial charge in [0, 0.05) is 18.9 Å². The van der Waals surface area contributed by atoms with Crippen molar-refractivity contribution in [3.63, 3.8) is 0 Å². The number of halogens is 1. The minimum absolute atomic E-state index is 0.447. The summed E-state index contributed by atoms with van der Waals surface area (Å²) in [5.74, 6) is 2.96.